The first-order chi connectivity index (χ1) is 11.7. The Balaban J connectivity index is 1.95. The van der Waals surface area contributed by atoms with Crippen LogP contribution < -0.4 is 19.5 Å². The molecule has 1 atom stereocenters. The molecule has 0 aliphatic rings. The van der Waals surface area contributed by atoms with Gasteiger partial charge in [0, 0.05) is 18.2 Å². The maximum atomic E-state index is 5.53. The number of aryl methyl sites for hydroxylation is 1. The minimum absolute atomic E-state index is 0.406. The first-order valence-corrected chi connectivity index (χ1v) is 8.24. The monoisotopic (exact) mass is 329 g/mol. The maximum absolute atomic E-state index is 5.53. The van der Waals surface area contributed by atoms with Gasteiger partial charge in [-0.05, 0) is 31.4 Å². The van der Waals surface area contributed by atoms with Gasteiger partial charge in [-0.2, -0.15) is 0 Å². The Morgan fingerprint density at radius 2 is 1.58 bits per heavy atom. The van der Waals surface area contributed by atoms with Crippen molar-refractivity contribution in [3.05, 3.63) is 53.6 Å². The number of nitrogens with one attached hydrogen (secondary N) is 1. The van der Waals surface area contributed by atoms with Gasteiger partial charge in [-0.1, -0.05) is 36.4 Å². The van der Waals surface area contributed by atoms with Crippen molar-refractivity contribution < 1.29 is 14.2 Å². The molecule has 0 aliphatic heterocycles. The van der Waals surface area contributed by atoms with E-state index in [1.165, 1.54) is 5.56 Å². The molecule has 0 saturated heterocycles. The highest BCUT2D eigenvalue weighted by Crippen LogP contribution is 2.39. The molecular formula is C20H27NO3. The van der Waals surface area contributed by atoms with Gasteiger partial charge in [0.25, 0.3) is 0 Å². The van der Waals surface area contributed by atoms with E-state index in [2.05, 4.69) is 42.6 Å². The van der Waals surface area contributed by atoms with Gasteiger partial charge in [0.2, 0.25) is 5.75 Å². The van der Waals surface area contributed by atoms with Crippen molar-refractivity contribution in [2.75, 3.05) is 21.3 Å². The Morgan fingerprint density at radius 3 is 2.21 bits per heavy atom. The van der Waals surface area contributed by atoms with Crippen molar-refractivity contribution in [2.45, 2.75) is 32.4 Å². The molecular weight excluding hydrogens is 302 g/mol. The van der Waals surface area contributed by atoms with Crippen LogP contribution in [0.5, 0.6) is 17.2 Å². The number of rotatable bonds is 9. The highest BCUT2D eigenvalue weighted by molar-refractivity contribution is 5.55. The second-order valence-electron chi connectivity index (χ2n) is 5.80. The Morgan fingerprint density at radius 1 is 0.875 bits per heavy atom. The SMILES string of the molecule is COc1ccc(CNC(C)CCc2ccccc2)c(OC)c1OC. The van der Waals surface area contributed by atoms with E-state index < -0.39 is 0 Å². The molecule has 0 radical (unpaired) electrons. The summed E-state index contributed by atoms with van der Waals surface area (Å²) in [5.41, 5.74) is 2.43. The van der Waals surface area contributed by atoms with E-state index in [4.69, 9.17) is 14.2 Å². The van der Waals surface area contributed by atoms with Crippen molar-refractivity contribution in [3.8, 4) is 17.2 Å². The largest absolute Gasteiger partial charge is 0.493 e. The number of ether oxygens (including phenoxy) is 3. The molecule has 24 heavy (non-hydrogen) atoms. The number of benzene rings is 2. The third-order valence-electron chi connectivity index (χ3n) is 4.14. The molecule has 0 saturated carbocycles. The minimum atomic E-state index is 0.406. The van der Waals surface area contributed by atoms with Crippen LogP contribution in [0.25, 0.3) is 0 Å². The molecule has 0 aromatic heterocycles. The van der Waals surface area contributed by atoms with Crippen LogP contribution in [0.4, 0.5) is 0 Å². The highest BCUT2D eigenvalue weighted by atomic mass is 16.5. The third kappa shape index (κ3) is 4.65. The van der Waals surface area contributed by atoms with E-state index in [9.17, 15) is 0 Å². The fourth-order valence-corrected chi connectivity index (χ4v) is 2.72. The van der Waals surface area contributed by atoms with Crippen LogP contribution >= 0.6 is 0 Å². The van der Waals surface area contributed by atoms with Crippen molar-refractivity contribution >= 4 is 0 Å². The number of hydrogen-bond donors (Lipinski definition) is 1. The highest BCUT2D eigenvalue weighted by Gasteiger charge is 2.16. The number of methoxy groups -OCH3 is 3. The van der Waals surface area contributed by atoms with Crippen LogP contribution in [0, 0.1) is 0 Å². The van der Waals surface area contributed by atoms with Gasteiger partial charge >= 0.3 is 0 Å². The average molecular weight is 329 g/mol. The van der Waals surface area contributed by atoms with Gasteiger partial charge in [-0.25, -0.2) is 0 Å². The maximum Gasteiger partial charge on any atom is 0.203 e. The van der Waals surface area contributed by atoms with Crippen LogP contribution in [0.15, 0.2) is 42.5 Å². The minimum Gasteiger partial charge on any atom is -0.493 e. The first kappa shape index (κ1) is 18.1. The van der Waals surface area contributed by atoms with E-state index in [0.29, 0.717) is 17.5 Å². The average Bonchev–Trinajstić information content (AvgIpc) is 2.64. The molecule has 1 N–H and O–H groups in total. The molecule has 2 rings (SSSR count). The second-order valence-corrected chi connectivity index (χ2v) is 5.80. The van der Waals surface area contributed by atoms with Crippen LogP contribution in [-0.2, 0) is 13.0 Å². The lowest BCUT2D eigenvalue weighted by atomic mass is 10.1. The molecule has 130 valence electrons. The zero-order valence-electron chi connectivity index (χ0n) is 15.0. The Kier molecular flexibility index (Phi) is 6.94. The normalized spacial score (nSPS) is 11.8. The fraction of sp³-hybridized carbons (Fsp3) is 0.400. The molecule has 0 bridgehead atoms. The van der Waals surface area contributed by atoms with Crippen LogP contribution in [0.1, 0.15) is 24.5 Å². The summed E-state index contributed by atoms with van der Waals surface area (Å²) in [7, 11) is 4.90. The Bertz CT molecular complexity index is 628. The summed E-state index contributed by atoms with van der Waals surface area (Å²) in [5.74, 6) is 2.03. The van der Waals surface area contributed by atoms with Crippen molar-refractivity contribution in [3.63, 3.8) is 0 Å². The fourth-order valence-electron chi connectivity index (χ4n) is 2.72. The van der Waals surface area contributed by atoms with E-state index in [1.807, 2.05) is 12.1 Å². The predicted octanol–water partition coefficient (Wildman–Crippen LogP) is 3.82. The van der Waals surface area contributed by atoms with E-state index in [0.717, 1.165) is 30.7 Å². The van der Waals surface area contributed by atoms with Crippen LogP contribution in [0.3, 0.4) is 0 Å². The lowest BCUT2D eigenvalue weighted by Crippen LogP contribution is -2.26. The zero-order valence-corrected chi connectivity index (χ0v) is 15.0. The topological polar surface area (TPSA) is 39.7 Å². The quantitative estimate of drug-likeness (QED) is 0.759. The molecule has 2 aromatic rings. The second kappa shape index (κ2) is 9.18. The molecule has 0 aliphatic carbocycles. The summed E-state index contributed by atoms with van der Waals surface area (Å²) < 4.78 is 16.3. The van der Waals surface area contributed by atoms with E-state index in [-0.39, 0.29) is 0 Å². The van der Waals surface area contributed by atoms with Gasteiger partial charge in [0.15, 0.2) is 11.5 Å². The smallest absolute Gasteiger partial charge is 0.203 e. The van der Waals surface area contributed by atoms with Crippen molar-refractivity contribution in [2.24, 2.45) is 0 Å². The summed E-state index contributed by atoms with van der Waals surface area (Å²) in [5, 5.41) is 3.56. The molecule has 0 spiro atoms. The van der Waals surface area contributed by atoms with Gasteiger partial charge in [0.05, 0.1) is 21.3 Å². The lowest BCUT2D eigenvalue weighted by Gasteiger charge is -2.18. The standard InChI is InChI=1S/C20H27NO3/c1-15(10-11-16-8-6-5-7-9-16)21-14-17-12-13-18(22-2)20(24-4)19(17)23-3/h5-9,12-13,15,21H,10-11,14H2,1-4H3. The summed E-state index contributed by atoms with van der Waals surface area (Å²) in [4.78, 5) is 0. The van der Waals surface area contributed by atoms with Gasteiger partial charge in [-0.15, -0.1) is 0 Å². The van der Waals surface area contributed by atoms with Crippen LogP contribution in [0.2, 0.25) is 0 Å². The van der Waals surface area contributed by atoms with E-state index in [1.54, 1.807) is 21.3 Å². The summed E-state index contributed by atoms with van der Waals surface area (Å²) in [6, 6.07) is 14.9. The summed E-state index contributed by atoms with van der Waals surface area (Å²) in [6.07, 6.45) is 2.15. The van der Waals surface area contributed by atoms with E-state index >= 15 is 0 Å². The van der Waals surface area contributed by atoms with Crippen molar-refractivity contribution in [1.29, 1.82) is 0 Å². The van der Waals surface area contributed by atoms with Gasteiger partial charge < -0.3 is 19.5 Å². The Labute approximate surface area is 144 Å². The molecule has 1 unspecified atom stereocenters. The third-order valence-corrected chi connectivity index (χ3v) is 4.14. The Hall–Kier alpha value is -2.20. The lowest BCUT2D eigenvalue weighted by molar-refractivity contribution is 0.321. The predicted molar refractivity (Wildman–Crippen MR) is 97.2 cm³/mol. The molecule has 0 fully saturated rings. The molecule has 0 amide bonds. The molecule has 4 heteroatoms. The first-order valence-electron chi connectivity index (χ1n) is 8.24. The zero-order chi connectivity index (χ0) is 17.4. The number of hydrogen-bond acceptors (Lipinski definition) is 4. The summed E-state index contributed by atoms with van der Waals surface area (Å²) >= 11 is 0. The van der Waals surface area contributed by atoms with Crippen LogP contribution in [-0.4, -0.2) is 27.4 Å². The van der Waals surface area contributed by atoms with Crippen molar-refractivity contribution in [1.82, 2.24) is 5.32 Å². The van der Waals surface area contributed by atoms with Gasteiger partial charge in [-0.3, -0.25) is 0 Å². The molecule has 4 nitrogen and oxygen atoms in total. The molecule has 0 heterocycles. The summed E-state index contributed by atoms with van der Waals surface area (Å²) in [6.45, 7) is 2.93. The molecule has 2 aromatic carbocycles. The van der Waals surface area contributed by atoms with Gasteiger partial charge in [0.1, 0.15) is 0 Å².